The smallest absolute Gasteiger partial charge is 0.322 e. The Morgan fingerprint density at radius 2 is 1.52 bits per heavy atom. The molecule has 3 N–H and O–H groups in total. The number of urea groups is 1. The van der Waals surface area contributed by atoms with Crippen LogP contribution in [0.15, 0.2) is 78.9 Å². The van der Waals surface area contributed by atoms with Gasteiger partial charge in [0.25, 0.3) is 0 Å². The van der Waals surface area contributed by atoms with Crippen LogP contribution in [-0.2, 0) is 4.79 Å². The number of hydrogen-bond acceptors (Lipinski definition) is 2. The van der Waals surface area contributed by atoms with Gasteiger partial charge >= 0.3 is 6.03 Å². The lowest BCUT2D eigenvalue weighted by Crippen LogP contribution is -2.19. The minimum atomic E-state index is -0.381. The summed E-state index contributed by atoms with van der Waals surface area (Å²) in [5, 5.41) is 8.26. The van der Waals surface area contributed by atoms with Crippen LogP contribution in [0.25, 0.3) is 6.08 Å². The van der Waals surface area contributed by atoms with Crippen molar-refractivity contribution in [3.63, 3.8) is 0 Å². The Kier molecular flexibility index (Phi) is 6.37. The van der Waals surface area contributed by atoms with Crippen molar-refractivity contribution < 1.29 is 14.0 Å². The maximum absolute atomic E-state index is 12.9. The quantitative estimate of drug-likeness (QED) is 0.509. The number of nitrogens with one attached hydrogen (secondary N) is 3. The van der Waals surface area contributed by atoms with E-state index in [2.05, 4.69) is 16.0 Å². The molecule has 0 unspecified atom stereocenters. The van der Waals surface area contributed by atoms with Gasteiger partial charge in [0.1, 0.15) is 5.82 Å². The second kappa shape index (κ2) is 9.32. The lowest BCUT2D eigenvalue weighted by Gasteiger charge is -2.11. The van der Waals surface area contributed by atoms with Gasteiger partial charge in [-0.2, -0.15) is 0 Å². The Hall–Kier alpha value is -3.93. The van der Waals surface area contributed by atoms with E-state index in [1.807, 2.05) is 25.1 Å². The van der Waals surface area contributed by atoms with Crippen LogP contribution >= 0.6 is 0 Å². The zero-order valence-electron chi connectivity index (χ0n) is 15.8. The molecule has 6 heteroatoms. The van der Waals surface area contributed by atoms with Crippen molar-refractivity contribution in [2.24, 2.45) is 0 Å². The first-order valence-corrected chi connectivity index (χ1v) is 8.98. The standard InChI is InChI=1S/C23H20FN3O2/c1-16-7-13-20(26-23(29)25-19-5-3-2-4-6-19)15-21(16)27-22(28)14-10-17-8-11-18(24)12-9-17/h2-15H,1H3,(H,27,28)(H2,25,26,29). The first-order chi connectivity index (χ1) is 14.0. The Morgan fingerprint density at radius 1 is 0.828 bits per heavy atom. The zero-order chi connectivity index (χ0) is 20.6. The van der Waals surface area contributed by atoms with Crippen LogP contribution in [0.3, 0.4) is 0 Å². The molecular formula is C23H20FN3O2. The highest BCUT2D eigenvalue weighted by atomic mass is 19.1. The van der Waals surface area contributed by atoms with Gasteiger partial charge in [-0.3, -0.25) is 4.79 Å². The van der Waals surface area contributed by atoms with E-state index in [0.29, 0.717) is 22.6 Å². The van der Waals surface area contributed by atoms with E-state index in [4.69, 9.17) is 0 Å². The number of benzene rings is 3. The predicted molar refractivity (Wildman–Crippen MR) is 114 cm³/mol. The van der Waals surface area contributed by atoms with Crippen LogP contribution in [-0.4, -0.2) is 11.9 Å². The third-order valence-electron chi connectivity index (χ3n) is 4.08. The molecule has 29 heavy (non-hydrogen) atoms. The molecule has 0 spiro atoms. The average Bonchev–Trinajstić information content (AvgIpc) is 2.71. The number of anilines is 3. The summed E-state index contributed by atoms with van der Waals surface area (Å²) in [4.78, 5) is 24.3. The van der Waals surface area contributed by atoms with Gasteiger partial charge in [-0.05, 0) is 60.5 Å². The van der Waals surface area contributed by atoms with Crippen LogP contribution in [0.5, 0.6) is 0 Å². The molecule has 0 saturated carbocycles. The predicted octanol–water partition coefficient (Wildman–Crippen LogP) is 5.43. The number of hydrogen-bond donors (Lipinski definition) is 3. The Labute approximate surface area is 168 Å². The summed E-state index contributed by atoms with van der Waals surface area (Å²) in [7, 11) is 0. The van der Waals surface area contributed by atoms with Crippen molar-refractivity contribution >= 4 is 35.1 Å². The van der Waals surface area contributed by atoms with Gasteiger partial charge in [0.15, 0.2) is 0 Å². The molecule has 0 aliphatic heterocycles. The van der Waals surface area contributed by atoms with Gasteiger partial charge < -0.3 is 16.0 Å². The largest absolute Gasteiger partial charge is 0.323 e. The second-order valence-corrected chi connectivity index (χ2v) is 6.35. The third-order valence-corrected chi connectivity index (χ3v) is 4.08. The van der Waals surface area contributed by atoms with Crippen LogP contribution in [0.2, 0.25) is 0 Å². The summed E-state index contributed by atoms with van der Waals surface area (Å²) < 4.78 is 12.9. The number of carbonyl (C=O) groups excluding carboxylic acids is 2. The first-order valence-electron chi connectivity index (χ1n) is 8.98. The number of carbonyl (C=O) groups is 2. The number of halogens is 1. The van der Waals surface area contributed by atoms with Crippen LogP contribution in [0.4, 0.5) is 26.2 Å². The maximum atomic E-state index is 12.9. The summed E-state index contributed by atoms with van der Waals surface area (Å²) in [6.07, 6.45) is 2.97. The summed E-state index contributed by atoms with van der Waals surface area (Å²) in [6.45, 7) is 1.85. The summed E-state index contributed by atoms with van der Waals surface area (Å²) >= 11 is 0. The van der Waals surface area contributed by atoms with Crippen molar-refractivity contribution in [3.8, 4) is 0 Å². The van der Waals surface area contributed by atoms with E-state index < -0.39 is 0 Å². The van der Waals surface area contributed by atoms with Crippen LogP contribution in [0, 0.1) is 12.7 Å². The number of rotatable bonds is 5. The molecule has 3 rings (SSSR count). The van der Waals surface area contributed by atoms with Crippen molar-refractivity contribution in [3.05, 3.63) is 95.8 Å². The van der Waals surface area contributed by atoms with E-state index in [9.17, 15) is 14.0 Å². The molecule has 0 atom stereocenters. The molecular weight excluding hydrogens is 369 g/mol. The normalized spacial score (nSPS) is 10.6. The van der Waals surface area contributed by atoms with E-state index in [1.165, 1.54) is 18.2 Å². The monoisotopic (exact) mass is 389 g/mol. The maximum Gasteiger partial charge on any atom is 0.323 e. The van der Waals surface area contributed by atoms with E-state index in [-0.39, 0.29) is 17.8 Å². The molecule has 0 aliphatic rings. The number of amides is 3. The first kappa shape index (κ1) is 19.8. The molecule has 5 nitrogen and oxygen atoms in total. The fraction of sp³-hybridized carbons (Fsp3) is 0.0435. The molecule has 3 aromatic carbocycles. The molecule has 0 saturated heterocycles. The average molecular weight is 389 g/mol. The Bertz CT molecular complexity index is 1030. The minimum absolute atomic E-state index is 0.330. The zero-order valence-corrected chi connectivity index (χ0v) is 15.8. The van der Waals surface area contributed by atoms with Crippen molar-refractivity contribution in [1.29, 1.82) is 0 Å². The third kappa shape index (κ3) is 6.04. The Balaban J connectivity index is 1.63. The minimum Gasteiger partial charge on any atom is -0.322 e. The second-order valence-electron chi connectivity index (χ2n) is 6.35. The summed E-state index contributed by atoms with van der Waals surface area (Å²) in [6, 6.07) is 19.8. The van der Waals surface area contributed by atoms with E-state index in [0.717, 1.165) is 5.56 Å². The van der Waals surface area contributed by atoms with Crippen molar-refractivity contribution in [2.45, 2.75) is 6.92 Å². The van der Waals surface area contributed by atoms with Crippen molar-refractivity contribution in [2.75, 3.05) is 16.0 Å². The van der Waals surface area contributed by atoms with Gasteiger partial charge in [0, 0.05) is 23.1 Å². The molecule has 0 bridgehead atoms. The van der Waals surface area contributed by atoms with Crippen LogP contribution in [0.1, 0.15) is 11.1 Å². The van der Waals surface area contributed by atoms with E-state index in [1.54, 1.807) is 48.5 Å². The summed E-state index contributed by atoms with van der Waals surface area (Å²) in [5.41, 5.74) is 3.36. The fourth-order valence-corrected chi connectivity index (χ4v) is 2.57. The van der Waals surface area contributed by atoms with Crippen molar-refractivity contribution in [1.82, 2.24) is 0 Å². The molecule has 0 aromatic heterocycles. The molecule has 3 aromatic rings. The van der Waals surface area contributed by atoms with Gasteiger partial charge in [0.05, 0.1) is 0 Å². The lowest BCUT2D eigenvalue weighted by molar-refractivity contribution is -0.111. The highest BCUT2D eigenvalue weighted by Gasteiger charge is 2.07. The van der Waals surface area contributed by atoms with Gasteiger partial charge in [-0.1, -0.05) is 36.4 Å². The molecule has 146 valence electrons. The highest BCUT2D eigenvalue weighted by Crippen LogP contribution is 2.21. The van der Waals surface area contributed by atoms with E-state index >= 15 is 0 Å². The number of para-hydroxylation sites is 1. The molecule has 0 aliphatic carbocycles. The lowest BCUT2D eigenvalue weighted by atomic mass is 10.1. The number of aryl methyl sites for hydroxylation is 1. The summed E-state index contributed by atoms with van der Waals surface area (Å²) in [5.74, 6) is -0.661. The van der Waals surface area contributed by atoms with Gasteiger partial charge in [-0.25, -0.2) is 9.18 Å². The SMILES string of the molecule is Cc1ccc(NC(=O)Nc2ccccc2)cc1NC(=O)C=Cc1ccc(F)cc1. The topological polar surface area (TPSA) is 70.2 Å². The van der Waals surface area contributed by atoms with Crippen LogP contribution < -0.4 is 16.0 Å². The fourth-order valence-electron chi connectivity index (χ4n) is 2.57. The highest BCUT2D eigenvalue weighted by molar-refractivity contribution is 6.03. The molecule has 0 fully saturated rings. The molecule has 3 amide bonds. The van der Waals surface area contributed by atoms with Gasteiger partial charge in [0.2, 0.25) is 5.91 Å². The molecule has 0 heterocycles. The molecule has 0 radical (unpaired) electrons. The Morgan fingerprint density at radius 3 is 2.24 bits per heavy atom. The van der Waals surface area contributed by atoms with Gasteiger partial charge in [-0.15, -0.1) is 0 Å².